The lowest BCUT2D eigenvalue weighted by Crippen LogP contribution is -2.51. The van der Waals surface area contributed by atoms with Gasteiger partial charge in [0.25, 0.3) is 0 Å². The van der Waals surface area contributed by atoms with Crippen LogP contribution in [0.25, 0.3) is 10.9 Å². The number of piperazine rings is 1. The summed E-state index contributed by atoms with van der Waals surface area (Å²) in [5.41, 5.74) is 1.98. The van der Waals surface area contributed by atoms with Gasteiger partial charge in [0.05, 0.1) is 17.4 Å². The van der Waals surface area contributed by atoms with Crippen molar-refractivity contribution in [2.24, 2.45) is 0 Å². The summed E-state index contributed by atoms with van der Waals surface area (Å²) in [5, 5.41) is 1.03. The second kappa shape index (κ2) is 7.70. The van der Waals surface area contributed by atoms with E-state index < -0.39 is 0 Å². The molecule has 1 aliphatic heterocycles. The highest BCUT2D eigenvalue weighted by molar-refractivity contribution is 7.16. The Morgan fingerprint density at radius 3 is 2.93 bits per heavy atom. The van der Waals surface area contributed by atoms with E-state index in [1.165, 1.54) is 11.3 Å². The van der Waals surface area contributed by atoms with Gasteiger partial charge in [-0.05, 0) is 30.7 Å². The second-order valence-electron chi connectivity index (χ2n) is 6.59. The third-order valence-electron chi connectivity index (χ3n) is 4.72. The Morgan fingerprint density at radius 1 is 1.30 bits per heavy atom. The molecule has 0 atom stereocenters. The number of hydrogen-bond acceptors (Lipinski definition) is 4. The number of thiophene rings is 1. The highest BCUT2D eigenvalue weighted by Crippen LogP contribution is 2.23. The van der Waals surface area contributed by atoms with E-state index in [0.717, 1.165) is 25.8 Å². The van der Waals surface area contributed by atoms with Crippen LogP contribution in [0.1, 0.15) is 17.0 Å². The number of aryl methyl sites for hydroxylation is 1. The summed E-state index contributed by atoms with van der Waals surface area (Å²) in [7, 11) is 0. The second-order valence-corrected chi connectivity index (χ2v) is 8.39. The van der Waals surface area contributed by atoms with E-state index in [1.807, 2.05) is 24.3 Å². The van der Waals surface area contributed by atoms with Crippen LogP contribution < -0.4 is 0 Å². The first kappa shape index (κ1) is 18.0. The molecule has 4 heterocycles. The van der Waals surface area contributed by atoms with Gasteiger partial charge in [-0.25, -0.2) is 0 Å². The molecule has 3 aromatic heterocycles. The fraction of sp³-hybridized carbons (Fsp3) is 0.316. The Hall–Kier alpha value is -2.38. The zero-order valence-corrected chi connectivity index (χ0v) is 16.2. The predicted octanol–water partition coefficient (Wildman–Crippen LogP) is 3.08. The number of H-pyrrole nitrogens is 1. The van der Waals surface area contributed by atoms with Gasteiger partial charge in [-0.2, -0.15) is 0 Å². The Kier molecular flexibility index (Phi) is 5.13. The monoisotopic (exact) mass is 402 g/mol. The number of amides is 2. The lowest BCUT2D eigenvalue weighted by molar-refractivity contribution is -0.145. The average Bonchev–Trinajstić information content (AvgIpc) is 3.26. The average molecular weight is 403 g/mol. The van der Waals surface area contributed by atoms with Gasteiger partial charge in [0.1, 0.15) is 0 Å². The molecule has 0 aromatic carbocycles. The van der Waals surface area contributed by atoms with Crippen molar-refractivity contribution in [1.29, 1.82) is 0 Å². The largest absolute Gasteiger partial charge is 0.357 e. The quantitative estimate of drug-likeness (QED) is 0.713. The van der Waals surface area contributed by atoms with Crippen LogP contribution in [0, 0.1) is 0 Å². The molecule has 6 nitrogen and oxygen atoms in total. The van der Waals surface area contributed by atoms with E-state index in [-0.39, 0.29) is 18.4 Å². The van der Waals surface area contributed by atoms with Crippen molar-refractivity contribution >= 4 is 45.7 Å². The van der Waals surface area contributed by atoms with Crippen molar-refractivity contribution in [3.05, 3.63) is 51.6 Å². The highest BCUT2D eigenvalue weighted by atomic mass is 35.5. The maximum Gasteiger partial charge on any atom is 0.242 e. The minimum Gasteiger partial charge on any atom is -0.357 e. The van der Waals surface area contributed by atoms with Crippen LogP contribution >= 0.6 is 22.9 Å². The molecule has 4 rings (SSSR count). The van der Waals surface area contributed by atoms with E-state index in [2.05, 4.69) is 9.97 Å². The molecule has 0 spiro atoms. The number of hydrogen-bond donors (Lipinski definition) is 1. The minimum absolute atomic E-state index is 0.0178. The van der Waals surface area contributed by atoms with Crippen molar-refractivity contribution in [3.63, 3.8) is 0 Å². The Labute approximate surface area is 165 Å². The molecule has 0 aliphatic carbocycles. The SMILES string of the molecule is O=C(CCc1ccc(Cl)s1)N1CCN(Cc2cc3cnccc3[nH]2)C(=O)C1. The topological polar surface area (TPSA) is 69.3 Å². The minimum atomic E-state index is -0.0226. The number of carbonyl (C=O) groups excluding carboxylic acids is 2. The van der Waals surface area contributed by atoms with Gasteiger partial charge in [-0.1, -0.05) is 11.6 Å². The number of aromatic nitrogens is 2. The molecule has 1 aliphatic rings. The molecule has 2 amide bonds. The number of fused-ring (bicyclic) bond motifs is 1. The summed E-state index contributed by atoms with van der Waals surface area (Å²) < 4.78 is 0.731. The van der Waals surface area contributed by atoms with Gasteiger partial charge in [0.2, 0.25) is 11.8 Å². The molecule has 1 N–H and O–H groups in total. The van der Waals surface area contributed by atoms with Crippen LogP contribution in [0.3, 0.4) is 0 Å². The fourth-order valence-electron chi connectivity index (χ4n) is 3.29. The first-order valence-electron chi connectivity index (χ1n) is 8.80. The predicted molar refractivity (Wildman–Crippen MR) is 106 cm³/mol. The molecule has 27 heavy (non-hydrogen) atoms. The number of pyridine rings is 1. The molecule has 140 valence electrons. The van der Waals surface area contributed by atoms with E-state index in [0.29, 0.717) is 32.5 Å². The third-order valence-corrected chi connectivity index (χ3v) is 6.01. The third kappa shape index (κ3) is 4.14. The van der Waals surface area contributed by atoms with Crippen molar-refractivity contribution in [2.45, 2.75) is 19.4 Å². The van der Waals surface area contributed by atoms with E-state index >= 15 is 0 Å². The van der Waals surface area contributed by atoms with Gasteiger partial charge in [-0.3, -0.25) is 14.6 Å². The number of rotatable bonds is 5. The summed E-state index contributed by atoms with van der Waals surface area (Å²) in [6, 6.07) is 7.71. The molecular weight excluding hydrogens is 384 g/mol. The summed E-state index contributed by atoms with van der Waals surface area (Å²) in [6.07, 6.45) is 4.60. The smallest absolute Gasteiger partial charge is 0.242 e. The molecule has 1 saturated heterocycles. The van der Waals surface area contributed by atoms with Gasteiger partial charge in [-0.15, -0.1) is 11.3 Å². The maximum absolute atomic E-state index is 12.5. The van der Waals surface area contributed by atoms with Crippen LogP contribution in [0.2, 0.25) is 4.34 Å². The van der Waals surface area contributed by atoms with Crippen molar-refractivity contribution in [2.75, 3.05) is 19.6 Å². The van der Waals surface area contributed by atoms with E-state index in [4.69, 9.17) is 11.6 Å². The van der Waals surface area contributed by atoms with Gasteiger partial charge >= 0.3 is 0 Å². The number of carbonyl (C=O) groups is 2. The molecule has 3 aromatic rings. The molecule has 0 unspecified atom stereocenters. The van der Waals surface area contributed by atoms with Crippen LogP contribution in [0.4, 0.5) is 0 Å². The number of nitrogens with zero attached hydrogens (tertiary/aromatic N) is 3. The Bertz CT molecular complexity index is 950. The van der Waals surface area contributed by atoms with Crippen molar-refractivity contribution in [3.8, 4) is 0 Å². The van der Waals surface area contributed by atoms with Crippen molar-refractivity contribution < 1.29 is 9.59 Å². The molecule has 0 saturated carbocycles. The van der Waals surface area contributed by atoms with E-state index in [1.54, 1.807) is 22.2 Å². The fourth-order valence-corrected chi connectivity index (χ4v) is 4.37. The summed E-state index contributed by atoms with van der Waals surface area (Å²) >= 11 is 7.41. The van der Waals surface area contributed by atoms with Crippen LogP contribution in [-0.2, 0) is 22.6 Å². The normalized spacial score (nSPS) is 14.9. The number of halogens is 1. The Balaban J connectivity index is 1.31. The van der Waals surface area contributed by atoms with Crippen LogP contribution in [0.15, 0.2) is 36.7 Å². The van der Waals surface area contributed by atoms with Gasteiger partial charge < -0.3 is 14.8 Å². The summed E-state index contributed by atoms with van der Waals surface area (Å²) in [4.78, 5) is 36.9. The van der Waals surface area contributed by atoms with Gasteiger partial charge in [0, 0.05) is 53.4 Å². The van der Waals surface area contributed by atoms with Crippen molar-refractivity contribution in [1.82, 2.24) is 19.8 Å². The maximum atomic E-state index is 12.5. The van der Waals surface area contributed by atoms with Gasteiger partial charge in [0.15, 0.2) is 0 Å². The molecule has 1 fully saturated rings. The first-order chi connectivity index (χ1) is 13.1. The lowest BCUT2D eigenvalue weighted by Gasteiger charge is -2.34. The Morgan fingerprint density at radius 2 is 2.19 bits per heavy atom. The number of nitrogens with one attached hydrogen (secondary N) is 1. The molecular formula is C19H19ClN4O2S. The first-order valence-corrected chi connectivity index (χ1v) is 9.99. The summed E-state index contributed by atoms with van der Waals surface area (Å²) in [6.45, 7) is 1.77. The zero-order chi connectivity index (χ0) is 18.8. The van der Waals surface area contributed by atoms with Crippen LogP contribution in [-0.4, -0.2) is 51.2 Å². The molecule has 0 radical (unpaired) electrons. The van der Waals surface area contributed by atoms with Crippen LogP contribution in [0.5, 0.6) is 0 Å². The number of aromatic amines is 1. The zero-order valence-electron chi connectivity index (χ0n) is 14.7. The molecule has 0 bridgehead atoms. The summed E-state index contributed by atoms with van der Waals surface area (Å²) in [5.74, 6) is -0.00485. The van der Waals surface area contributed by atoms with E-state index in [9.17, 15) is 9.59 Å². The molecule has 8 heteroatoms. The lowest BCUT2D eigenvalue weighted by atomic mass is 10.2. The standard InChI is InChI=1S/C19H19ClN4O2S/c20-17-3-1-15(27-17)2-4-18(25)24-8-7-23(19(26)12-24)11-14-9-13-10-21-6-5-16(13)22-14/h1,3,5-6,9-10,22H,2,4,7-8,11-12H2. The highest BCUT2D eigenvalue weighted by Gasteiger charge is 2.27.